The Hall–Kier alpha value is -3.56. The maximum Gasteiger partial charge on any atom is 0.244 e. The summed E-state index contributed by atoms with van der Waals surface area (Å²) in [6.07, 6.45) is 2.02. The first-order valence-electron chi connectivity index (χ1n) is 12.6. The van der Waals surface area contributed by atoms with Gasteiger partial charge < -0.3 is 15.0 Å². The highest BCUT2D eigenvalue weighted by atomic mass is 35.5. The molecule has 0 bridgehead atoms. The molecular weight excluding hydrogens is 538 g/mol. The van der Waals surface area contributed by atoms with E-state index in [1.807, 2.05) is 43.3 Å². The van der Waals surface area contributed by atoms with E-state index in [1.165, 1.54) is 12.0 Å². The number of amides is 2. The summed E-state index contributed by atoms with van der Waals surface area (Å²) in [6.45, 7) is 1.97. The van der Waals surface area contributed by atoms with Gasteiger partial charge in [0.05, 0.1) is 19.1 Å². The molecule has 0 aliphatic carbocycles. The zero-order chi connectivity index (χ0) is 28.4. The van der Waals surface area contributed by atoms with Crippen molar-refractivity contribution in [1.82, 2.24) is 10.2 Å². The lowest BCUT2D eigenvalue weighted by Crippen LogP contribution is -2.53. The van der Waals surface area contributed by atoms with Crippen LogP contribution in [0.15, 0.2) is 78.9 Å². The lowest BCUT2D eigenvalue weighted by atomic mass is 10.0. The first kappa shape index (κ1) is 30.0. The van der Waals surface area contributed by atoms with Gasteiger partial charge >= 0.3 is 0 Å². The molecule has 10 heteroatoms. The number of carbonyl (C=O) groups is 2. The maximum atomic E-state index is 14.0. The molecule has 1 N–H and O–H groups in total. The average Bonchev–Trinajstić information content (AvgIpc) is 2.92. The SMILES string of the molecule is CCCNC(=O)[C@@H](Cc1ccccc1)N(Cc1cccc(Cl)c1)C(=O)CN(c1ccc(OC)cc1)S(C)(=O)=O. The monoisotopic (exact) mass is 571 g/mol. The van der Waals surface area contributed by atoms with E-state index in [9.17, 15) is 18.0 Å². The molecule has 2 amide bonds. The molecule has 3 aromatic rings. The highest BCUT2D eigenvalue weighted by Gasteiger charge is 2.33. The van der Waals surface area contributed by atoms with E-state index in [4.69, 9.17) is 16.3 Å². The number of benzene rings is 3. The van der Waals surface area contributed by atoms with Crippen molar-refractivity contribution in [2.75, 3.05) is 30.8 Å². The van der Waals surface area contributed by atoms with E-state index in [2.05, 4.69) is 5.32 Å². The Labute approximate surface area is 235 Å². The van der Waals surface area contributed by atoms with Crippen LogP contribution in [0.25, 0.3) is 0 Å². The van der Waals surface area contributed by atoms with E-state index in [0.717, 1.165) is 22.5 Å². The van der Waals surface area contributed by atoms with Crippen LogP contribution >= 0.6 is 11.6 Å². The number of hydrogen-bond acceptors (Lipinski definition) is 5. The number of hydrogen-bond donors (Lipinski definition) is 1. The predicted octanol–water partition coefficient (Wildman–Crippen LogP) is 4.28. The minimum Gasteiger partial charge on any atom is -0.497 e. The molecule has 3 rings (SSSR count). The van der Waals surface area contributed by atoms with Gasteiger partial charge in [-0.05, 0) is 53.9 Å². The van der Waals surface area contributed by atoms with E-state index < -0.39 is 28.5 Å². The fourth-order valence-corrected chi connectivity index (χ4v) is 5.18. The van der Waals surface area contributed by atoms with E-state index in [-0.39, 0.29) is 18.9 Å². The third-order valence-electron chi connectivity index (χ3n) is 6.10. The number of methoxy groups -OCH3 is 1. The molecule has 0 aromatic heterocycles. The molecule has 0 spiro atoms. The summed E-state index contributed by atoms with van der Waals surface area (Å²) in [6, 6.07) is 21.9. The number of rotatable bonds is 13. The molecule has 39 heavy (non-hydrogen) atoms. The number of halogens is 1. The van der Waals surface area contributed by atoms with Crippen LogP contribution in [0.1, 0.15) is 24.5 Å². The molecule has 0 fully saturated rings. The Morgan fingerprint density at radius 1 is 0.974 bits per heavy atom. The maximum absolute atomic E-state index is 14.0. The lowest BCUT2D eigenvalue weighted by Gasteiger charge is -2.33. The fourth-order valence-electron chi connectivity index (χ4n) is 4.11. The van der Waals surface area contributed by atoms with Gasteiger partial charge in [0.1, 0.15) is 18.3 Å². The standard InChI is InChI=1S/C29H34ClN3O5S/c1-4-17-31-29(35)27(19-22-9-6-5-7-10-22)32(20-23-11-8-12-24(30)18-23)28(34)21-33(39(3,36)37)25-13-15-26(38-2)16-14-25/h5-16,18,27H,4,17,19-21H2,1-3H3,(H,31,35)/t27-/m1/s1. The number of sulfonamides is 1. The Morgan fingerprint density at radius 3 is 2.23 bits per heavy atom. The normalized spacial score (nSPS) is 11.9. The fraction of sp³-hybridized carbons (Fsp3) is 0.310. The number of carbonyl (C=O) groups excluding carboxylic acids is 2. The average molecular weight is 572 g/mol. The molecule has 0 aliphatic rings. The van der Waals surface area contributed by atoms with Gasteiger partial charge in [-0.25, -0.2) is 8.42 Å². The molecule has 208 valence electrons. The highest BCUT2D eigenvalue weighted by molar-refractivity contribution is 7.92. The summed E-state index contributed by atoms with van der Waals surface area (Å²) in [7, 11) is -2.33. The lowest BCUT2D eigenvalue weighted by molar-refractivity contribution is -0.140. The molecular formula is C29H34ClN3O5S. The third kappa shape index (κ3) is 8.73. The van der Waals surface area contributed by atoms with E-state index in [1.54, 1.807) is 42.5 Å². The predicted molar refractivity (Wildman–Crippen MR) is 154 cm³/mol. The summed E-state index contributed by atoms with van der Waals surface area (Å²) < 4.78 is 31.8. The second kappa shape index (κ2) is 14.0. The minimum atomic E-state index is -3.84. The molecule has 3 aromatic carbocycles. The van der Waals surface area contributed by atoms with Gasteiger partial charge in [0, 0.05) is 24.5 Å². The topological polar surface area (TPSA) is 96.0 Å². The van der Waals surface area contributed by atoms with Gasteiger partial charge in [-0.15, -0.1) is 0 Å². The van der Waals surface area contributed by atoms with Gasteiger partial charge in [-0.2, -0.15) is 0 Å². The van der Waals surface area contributed by atoms with E-state index >= 15 is 0 Å². The van der Waals surface area contributed by atoms with Crippen LogP contribution in [0.5, 0.6) is 5.75 Å². The summed E-state index contributed by atoms with van der Waals surface area (Å²) in [4.78, 5) is 28.9. The molecule has 0 saturated carbocycles. The van der Waals surface area contributed by atoms with Gasteiger partial charge in [-0.3, -0.25) is 13.9 Å². The van der Waals surface area contributed by atoms with Gasteiger partial charge in [0.2, 0.25) is 21.8 Å². The smallest absolute Gasteiger partial charge is 0.244 e. The Bertz CT molecular complexity index is 1350. The van der Waals surface area contributed by atoms with Crippen LogP contribution in [0.2, 0.25) is 5.02 Å². The molecule has 0 radical (unpaired) electrons. The third-order valence-corrected chi connectivity index (χ3v) is 7.48. The number of anilines is 1. The number of nitrogens with one attached hydrogen (secondary N) is 1. The molecule has 1 atom stereocenters. The summed E-state index contributed by atoms with van der Waals surface area (Å²) in [5.41, 5.74) is 1.89. The summed E-state index contributed by atoms with van der Waals surface area (Å²) in [5, 5.41) is 3.40. The largest absolute Gasteiger partial charge is 0.497 e. The number of ether oxygens (including phenoxy) is 1. The Morgan fingerprint density at radius 2 is 1.64 bits per heavy atom. The van der Waals surface area contributed by atoms with Crippen LogP contribution in [0.3, 0.4) is 0 Å². The van der Waals surface area contributed by atoms with Crippen molar-refractivity contribution in [2.24, 2.45) is 0 Å². The van der Waals surface area contributed by atoms with Crippen molar-refractivity contribution in [1.29, 1.82) is 0 Å². The second-order valence-electron chi connectivity index (χ2n) is 9.12. The van der Waals surface area contributed by atoms with Gasteiger partial charge in [0.25, 0.3) is 0 Å². The van der Waals surface area contributed by atoms with Crippen molar-refractivity contribution in [3.63, 3.8) is 0 Å². The van der Waals surface area contributed by atoms with Crippen LogP contribution in [0.4, 0.5) is 5.69 Å². The molecule has 0 aliphatic heterocycles. The summed E-state index contributed by atoms with van der Waals surface area (Å²) in [5.74, 6) is -0.285. The van der Waals surface area contributed by atoms with Crippen LogP contribution in [-0.2, 0) is 32.6 Å². The van der Waals surface area contributed by atoms with Crippen LogP contribution in [0, 0.1) is 0 Å². The molecule has 8 nitrogen and oxygen atoms in total. The van der Waals surface area contributed by atoms with Crippen molar-refractivity contribution < 1.29 is 22.7 Å². The van der Waals surface area contributed by atoms with E-state index in [0.29, 0.717) is 28.6 Å². The molecule has 0 heterocycles. The zero-order valence-electron chi connectivity index (χ0n) is 22.3. The Balaban J connectivity index is 2.03. The summed E-state index contributed by atoms with van der Waals surface area (Å²) >= 11 is 6.22. The Kier molecular flexibility index (Phi) is 10.8. The molecule has 0 unspecified atom stereocenters. The highest BCUT2D eigenvalue weighted by Crippen LogP contribution is 2.23. The first-order chi connectivity index (χ1) is 18.6. The van der Waals surface area contributed by atoms with Crippen LogP contribution < -0.4 is 14.4 Å². The minimum absolute atomic E-state index is 0.0661. The van der Waals surface area contributed by atoms with Crippen LogP contribution in [-0.4, -0.2) is 57.6 Å². The number of nitrogens with zero attached hydrogens (tertiary/aromatic N) is 2. The van der Waals surface area contributed by atoms with Crippen molar-refractivity contribution >= 4 is 39.1 Å². The van der Waals surface area contributed by atoms with Crippen molar-refractivity contribution in [2.45, 2.75) is 32.4 Å². The first-order valence-corrected chi connectivity index (χ1v) is 14.8. The van der Waals surface area contributed by atoms with Crippen molar-refractivity contribution in [3.05, 3.63) is 95.0 Å². The zero-order valence-corrected chi connectivity index (χ0v) is 23.9. The van der Waals surface area contributed by atoms with Gasteiger partial charge in [-0.1, -0.05) is 61.0 Å². The quantitative estimate of drug-likeness (QED) is 0.330. The van der Waals surface area contributed by atoms with Crippen molar-refractivity contribution in [3.8, 4) is 5.75 Å². The van der Waals surface area contributed by atoms with Gasteiger partial charge in [0.15, 0.2) is 0 Å². The second-order valence-corrected chi connectivity index (χ2v) is 11.5. The molecule has 0 saturated heterocycles.